The molecule has 0 fully saturated rings. The van der Waals surface area contributed by atoms with Gasteiger partial charge in [0.05, 0.1) is 19.8 Å². The van der Waals surface area contributed by atoms with Crippen molar-refractivity contribution < 1.29 is 37.2 Å². The summed E-state index contributed by atoms with van der Waals surface area (Å²) in [5.41, 5.74) is 24.8. The van der Waals surface area contributed by atoms with Crippen LogP contribution in [0.5, 0.6) is 23.0 Å². The number of aryl methyl sites for hydroxylation is 20. The number of rotatable bonds is 3. The third-order valence-corrected chi connectivity index (χ3v) is 20.6. The predicted octanol–water partition coefficient (Wildman–Crippen LogP) is 37.5. The molecule has 0 bridgehead atoms. The molecule has 0 spiro atoms. The van der Waals surface area contributed by atoms with Crippen LogP contribution in [0.25, 0.3) is 0 Å². The molecular formula is C125H142Cl5F4N3O4. The van der Waals surface area contributed by atoms with Gasteiger partial charge in [-0.3, -0.25) is 9.97 Å². The lowest BCUT2D eigenvalue weighted by Crippen LogP contribution is -2.07. The molecule has 2 heterocycles. The van der Waals surface area contributed by atoms with E-state index in [9.17, 15) is 17.6 Å². The van der Waals surface area contributed by atoms with Gasteiger partial charge in [-0.05, 0) is 334 Å². The number of phenolic OH excluding ortho intramolecular Hbond substituents is 2. The fraction of sp³-hybridized carbons (Fsp3) is 0.200. The van der Waals surface area contributed by atoms with E-state index in [4.69, 9.17) is 77.7 Å². The Kier molecular flexibility index (Phi) is 66.7. The summed E-state index contributed by atoms with van der Waals surface area (Å²) in [4.78, 5) is 9.83. The van der Waals surface area contributed by atoms with E-state index in [1.807, 2.05) is 296 Å². The van der Waals surface area contributed by atoms with Crippen LogP contribution in [0.15, 0.2) is 413 Å². The third kappa shape index (κ3) is 68.5. The number of aromatic hydroxyl groups is 2. The Morgan fingerprint density at radius 1 is 0.248 bits per heavy atom. The van der Waals surface area contributed by atoms with Gasteiger partial charge in [0.15, 0.2) is 0 Å². The van der Waals surface area contributed by atoms with Crippen LogP contribution in [0.4, 0.5) is 23.2 Å². The molecule has 0 saturated heterocycles. The number of pyridine rings is 2. The molecule has 2 aromatic heterocycles. The number of ether oxygens (including phenoxy) is 2. The van der Waals surface area contributed by atoms with Crippen molar-refractivity contribution in [2.24, 2.45) is 0 Å². The monoisotopic (exact) mass is 2000 g/mol. The number of benzene rings is 15. The lowest BCUT2D eigenvalue weighted by atomic mass is 10.1. The van der Waals surface area contributed by atoms with Crippen LogP contribution in [-0.2, 0) is 6.18 Å². The van der Waals surface area contributed by atoms with Gasteiger partial charge in [-0.15, -0.1) is 0 Å². The van der Waals surface area contributed by atoms with Gasteiger partial charge in [0.25, 0.3) is 0 Å². The molecule has 0 aliphatic carbocycles. The number of nitrogens with zero attached hydrogens (tertiary/aromatic N) is 3. The summed E-state index contributed by atoms with van der Waals surface area (Å²) in [5.74, 6) is 2.35. The van der Waals surface area contributed by atoms with Gasteiger partial charge in [-0.1, -0.05) is 362 Å². The summed E-state index contributed by atoms with van der Waals surface area (Å²) >= 11 is 28.3. The first kappa shape index (κ1) is 126. The zero-order valence-electron chi connectivity index (χ0n) is 86.2. The largest absolute Gasteiger partial charge is 0.508 e. The van der Waals surface area contributed by atoms with Gasteiger partial charge < -0.3 is 24.6 Å². The van der Waals surface area contributed by atoms with Crippen LogP contribution in [0.3, 0.4) is 0 Å². The molecule has 15 aromatic carbocycles. The summed E-state index contributed by atoms with van der Waals surface area (Å²) in [6, 6.07) is 123. The number of hydrogen-bond donors (Lipinski definition) is 2. The van der Waals surface area contributed by atoms with Crippen LogP contribution >= 0.6 is 58.0 Å². The molecule has 0 aliphatic heterocycles. The van der Waals surface area contributed by atoms with Crippen LogP contribution in [0.2, 0.25) is 25.1 Å². The summed E-state index contributed by atoms with van der Waals surface area (Å²) < 4.78 is 58.0. The minimum absolute atomic E-state index is 0.162. The minimum Gasteiger partial charge on any atom is -0.508 e. The number of hydrogen-bond acceptors (Lipinski definition) is 7. The van der Waals surface area contributed by atoms with Crippen molar-refractivity contribution in [1.82, 2.24) is 9.97 Å². The smallest absolute Gasteiger partial charge is 0.416 e. The van der Waals surface area contributed by atoms with Crippen LogP contribution in [0.1, 0.15) is 117 Å². The average molecular weight is 2000 g/mol. The first-order valence-electron chi connectivity index (χ1n) is 45.6. The Hall–Kier alpha value is -13.2. The second-order valence-electron chi connectivity index (χ2n) is 33.0. The van der Waals surface area contributed by atoms with E-state index in [0.29, 0.717) is 22.1 Å². The first-order valence-corrected chi connectivity index (χ1v) is 47.5. The van der Waals surface area contributed by atoms with Gasteiger partial charge in [0.2, 0.25) is 0 Å². The number of anilines is 1. The van der Waals surface area contributed by atoms with Crippen LogP contribution in [0, 0.1) is 144 Å². The number of methoxy groups -OCH3 is 2. The van der Waals surface area contributed by atoms with Crippen molar-refractivity contribution in [2.45, 2.75) is 145 Å². The summed E-state index contributed by atoms with van der Waals surface area (Å²) in [6.07, 6.45) is 2.96. The molecule has 0 radical (unpaired) electrons. The topological polar surface area (TPSA) is 87.9 Å². The minimum atomic E-state index is -4.22. The lowest BCUT2D eigenvalue weighted by molar-refractivity contribution is -0.137. The predicted molar refractivity (Wildman–Crippen MR) is 601 cm³/mol. The Bertz CT molecular complexity index is 5520. The van der Waals surface area contributed by atoms with Crippen molar-refractivity contribution in [2.75, 3.05) is 33.2 Å². The molecule has 7 nitrogen and oxygen atoms in total. The second-order valence-corrected chi connectivity index (χ2v) is 35.1. The number of alkyl halides is 3. The van der Waals surface area contributed by atoms with E-state index in [1.165, 1.54) is 107 Å². The van der Waals surface area contributed by atoms with Crippen molar-refractivity contribution in [3.05, 3.63) is 561 Å². The number of phenols is 2. The summed E-state index contributed by atoms with van der Waals surface area (Å²) in [6.45, 7) is 40.4. The maximum absolute atomic E-state index is 12.2. The van der Waals surface area contributed by atoms with E-state index >= 15 is 0 Å². The molecule has 0 unspecified atom stereocenters. The molecule has 0 atom stereocenters. The van der Waals surface area contributed by atoms with Gasteiger partial charge in [-0.2, -0.15) is 13.2 Å². The molecule has 0 saturated carbocycles. The molecular weight excluding hydrogens is 1860 g/mol. The highest BCUT2D eigenvalue weighted by molar-refractivity contribution is 6.35. The standard InChI is InChI=1S/C9H13N.C8H7F3.2C8H10O.3C8H10.C7H6Cl2.3C7H7Cl.C7H7F.2C7H8O.C7H8.2C6H7N/c1-8-4-6-9(7-5-8)10(2)3;1-6-3-2-4-7(5-6)8(9,10)11;1-7-3-5-8(9-2)6-4-7;1-7-4-3-5-8(6-7)9-2;1-7-3-5-8(2)6-4-7;1-7-4-3-5-8(2)6-7;1-7-5-3-4-6-8(7)2;1-5-2-3-6(8)4-7(5)9;1-6-2-4-7(8)5-3-6;1-6-3-2-4-7(8)5-6;1-6-4-2-3-5-7(6)8;1-6-3-2-4-7(8)5-6;1-6-2-4-7(8)5-3-6;1-6-3-2-4-7(8)5-6;1-7-5-3-2-4-6-7;1-6-2-4-7-5-3-6;1-6-3-2-4-7-5-6/h4-7H,1-3H3;2-5H,1H3;2*3-6H,1-2H3;3*3-6H,1-2H3;2-4H,1H3;4*2-5H,1H3;2*2-5,8H,1H3;2-6H,1H3;2*2-5H,1H3. The van der Waals surface area contributed by atoms with Gasteiger partial charge in [0, 0.05) is 69.7 Å². The normalized spacial score (nSPS) is 9.37. The molecule has 17 aromatic rings. The van der Waals surface area contributed by atoms with Crippen molar-refractivity contribution in [1.29, 1.82) is 0 Å². The Labute approximate surface area is 866 Å². The molecule has 0 amide bonds. The van der Waals surface area contributed by atoms with Crippen LogP contribution in [-0.4, -0.2) is 48.5 Å². The fourth-order valence-corrected chi connectivity index (χ4v) is 11.5. The maximum atomic E-state index is 12.2. The fourth-order valence-electron chi connectivity index (χ4n) is 10.6. The quantitative estimate of drug-likeness (QED) is 0.170. The molecule has 17 rings (SSSR count). The highest BCUT2D eigenvalue weighted by atomic mass is 35.5. The number of halogens is 9. The Morgan fingerprint density at radius 2 is 0.603 bits per heavy atom. The van der Waals surface area contributed by atoms with Gasteiger partial charge in [0.1, 0.15) is 28.8 Å². The Morgan fingerprint density at radius 3 is 0.887 bits per heavy atom. The van der Waals surface area contributed by atoms with E-state index in [2.05, 4.69) is 186 Å². The second kappa shape index (κ2) is 74.8. The summed E-state index contributed by atoms with van der Waals surface area (Å²) in [5, 5.41) is 21.4. The average Bonchev–Trinajstić information content (AvgIpc) is 0.836. The van der Waals surface area contributed by atoms with E-state index in [1.54, 1.807) is 82.2 Å². The highest BCUT2D eigenvalue weighted by Gasteiger charge is 2.30. The highest BCUT2D eigenvalue weighted by Crippen LogP contribution is 2.30. The lowest BCUT2D eigenvalue weighted by Gasteiger charge is -2.11. The van der Waals surface area contributed by atoms with Crippen molar-refractivity contribution in [3.8, 4) is 23.0 Å². The van der Waals surface area contributed by atoms with E-state index in [-0.39, 0.29) is 5.82 Å². The first-order chi connectivity index (χ1) is 66.9. The molecule has 2 N–H and O–H groups in total. The van der Waals surface area contributed by atoms with Crippen molar-refractivity contribution >= 4 is 63.7 Å². The zero-order chi connectivity index (χ0) is 105. The maximum Gasteiger partial charge on any atom is 0.416 e. The summed E-state index contributed by atoms with van der Waals surface area (Å²) in [7, 11) is 7.44. The van der Waals surface area contributed by atoms with E-state index in [0.717, 1.165) is 66.0 Å². The molecule has 744 valence electrons. The number of aromatic nitrogens is 2. The van der Waals surface area contributed by atoms with Gasteiger partial charge in [-0.25, -0.2) is 4.39 Å². The van der Waals surface area contributed by atoms with Gasteiger partial charge >= 0.3 is 6.18 Å². The Balaban J connectivity index is 0.000000750. The zero-order valence-corrected chi connectivity index (χ0v) is 90.0. The third-order valence-electron chi connectivity index (χ3n) is 19.0. The van der Waals surface area contributed by atoms with Crippen LogP contribution < -0.4 is 14.4 Å². The van der Waals surface area contributed by atoms with Crippen molar-refractivity contribution in [3.63, 3.8) is 0 Å². The van der Waals surface area contributed by atoms with E-state index < -0.39 is 11.7 Å². The SMILES string of the molecule is COc1ccc(C)cc1.COc1cccc(C)c1.Cc1ccc(C)cc1.Cc1ccc(Cl)cc1.Cc1ccc(Cl)cc1Cl.Cc1ccc(N(C)C)cc1.Cc1ccc(O)cc1.Cc1cccc(C(F)(F)F)c1.Cc1cccc(C)c1.Cc1cccc(Cl)c1.Cc1cccc(F)c1.Cc1cccc(O)c1.Cc1ccccc1.Cc1ccccc1C.Cc1ccccc1Cl.Cc1cccnc1.Cc1ccncc1. The molecule has 141 heavy (non-hydrogen) atoms. The molecule has 16 heteroatoms. The molecule has 0 aliphatic rings.